The molecule has 21 heavy (non-hydrogen) atoms. The van der Waals surface area contributed by atoms with Gasteiger partial charge in [-0.2, -0.15) is 5.10 Å². The number of nitrogens with one attached hydrogen (secondary N) is 1. The molecular weight excluding hydrogens is 340 g/mol. The minimum Gasteiger partial charge on any atom is -0.311 e. The van der Waals surface area contributed by atoms with Crippen molar-refractivity contribution in [2.45, 2.75) is 32.4 Å². The van der Waals surface area contributed by atoms with E-state index >= 15 is 0 Å². The van der Waals surface area contributed by atoms with E-state index in [9.17, 15) is 8.78 Å². The molecule has 0 aliphatic rings. The lowest BCUT2D eigenvalue weighted by atomic mass is 10.0. The van der Waals surface area contributed by atoms with Gasteiger partial charge in [0.2, 0.25) is 0 Å². The fourth-order valence-corrected chi connectivity index (χ4v) is 2.90. The zero-order valence-corrected chi connectivity index (χ0v) is 13.8. The van der Waals surface area contributed by atoms with Crippen LogP contribution in [-0.2, 0) is 6.42 Å². The van der Waals surface area contributed by atoms with Gasteiger partial charge >= 0.3 is 0 Å². The number of benzene rings is 1. The number of nitrogens with zero attached hydrogens (tertiary/aromatic N) is 2. The Kier molecular flexibility index (Phi) is 5.11. The molecular formula is C15H18BrF2N3. The van der Waals surface area contributed by atoms with Crippen molar-refractivity contribution in [2.75, 3.05) is 7.05 Å². The highest BCUT2D eigenvalue weighted by Crippen LogP contribution is 2.29. The predicted octanol–water partition coefficient (Wildman–Crippen LogP) is 4.01. The van der Waals surface area contributed by atoms with Crippen LogP contribution in [0, 0.1) is 11.6 Å². The summed E-state index contributed by atoms with van der Waals surface area (Å²) in [6, 6.07) is 3.85. The van der Waals surface area contributed by atoms with Gasteiger partial charge in [0.25, 0.3) is 0 Å². The first-order chi connectivity index (χ1) is 9.95. The molecule has 0 saturated carbocycles. The third kappa shape index (κ3) is 3.32. The van der Waals surface area contributed by atoms with Gasteiger partial charge in [0, 0.05) is 11.6 Å². The standard InChI is InChI=1S/C15H18BrF2N3/c1-9(2)21-15(11(16)8-20-21)14(19-3)7-10-12(17)5-4-6-13(10)18/h4-6,8-9,14,19H,7H2,1-3H3. The van der Waals surface area contributed by atoms with E-state index in [1.807, 2.05) is 18.5 Å². The molecule has 1 aromatic heterocycles. The Hall–Kier alpha value is -1.27. The highest BCUT2D eigenvalue weighted by atomic mass is 79.9. The van der Waals surface area contributed by atoms with E-state index in [1.165, 1.54) is 18.2 Å². The molecule has 1 heterocycles. The summed E-state index contributed by atoms with van der Waals surface area (Å²) in [5.41, 5.74) is 0.968. The molecule has 0 aliphatic carbocycles. The van der Waals surface area contributed by atoms with E-state index < -0.39 is 11.6 Å². The summed E-state index contributed by atoms with van der Waals surface area (Å²) >= 11 is 3.47. The monoisotopic (exact) mass is 357 g/mol. The maximum Gasteiger partial charge on any atom is 0.129 e. The predicted molar refractivity (Wildman–Crippen MR) is 82.2 cm³/mol. The van der Waals surface area contributed by atoms with Crippen LogP contribution in [-0.4, -0.2) is 16.8 Å². The first-order valence-electron chi connectivity index (χ1n) is 6.78. The average molecular weight is 358 g/mol. The maximum absolute atomic E-state index is 13.8. The average Bonchev–Trinajstić information content (AvgIpc) is 2.81. The van der Waals surface area contributed by atoms with Gasteiger partial charge in [0.1, 0.15) is 11.6 Å². The Morgan fingerprint density at radius 3 is 2.43 bits per heavy atom. The lowest BCUT2D eigenvalue weighted by Crippen LogP contribution is -2.24. The Morgan fingerprint density at radius 1 is 1.29 bits per heavy atom. The largest absolute Gasteiger partial charge is 0.311 e. The topological polar surface area (TPSA) is 29.9 Å². The van der Waals surface area contributed by atoms with Gasteiger partial charge in [-0.15, -0.1) is 0 Å². The molecule has 1 aromatic carbocycles. The van der Waals surface area contributed by atoms with E-state index in [-0.39, 0.29) is 24.1 Å². The van der Waals surface area contributed by atoms with Crippen molar-refractivity contribution in [1.29, 1.82) is 0 Å². The lowest BCUT2D eigenvalue weighted by molar-refractivity contribution is 0.447. The number of aromatic nitrogens is 2. The van der Waals surface area contributed by atoms with Gasteiger partial charge in [-0.1, -0.05) is 6.07 Å². The minimum atomic E-state index is -0.526. The van der Waals surface area contributed by atoms with Crippen LogP contribution in [0.15, 0.2) is 28.9 Å². The molecule has 0 saturated heterocycles. The maximum atomic E-state index is 13.8. The van der Waals surface area contributed by atoms with Crippen LogP contribution < -0.4 is 5.32 Å². The molecule has 1 atom stereocenters. The van der Waals surface area contributed by atoms with Gasteiger partial charge in [-0.3, -0.25) is 4.68 Å². The molecule has 0 radical (unpaired) electrons. The lowest BCUT2D eigenvalue weighted by Gasteiger charge is -2.21. The second kappa shape index (κ2) is 6.66. The second-order valence-electron chi connectivity index (χ2n) is 5.16. The van der Waals surface area contributed by atoms with Crippen LogP contribution in [0.1, 0.15) is 37.2 Å². The molecule has 0 amide bonds. The summed E-state index contributed by atoms with van der Waals surface area (Å²) in [6.45, 7) is 4.03. The molecule has 1 N–H and O–H groups in total. The highest BCUT2D eigenvalue weighted by molar-refractivity contribution is 9.10. The highest BCUT2D eigenvalue weighted by Gasteiger charge is 2.23. The quantitative estimate of drug-likeness (QED) is 0.875. The third-order valence-corrected chi connectivity index (χ3v) is 4.04. The number of halogens is 3. The van der Waals surface area contributed by atoms with Crippen molar-refractivity contribution >= 4 is 15.9 Å². The van der Waals surface area contributed by atoms with Gasteiger partial charge < -0.3 is 5.32 Å². The normalized spacial score (nSPS) is 12.9. The molecule has 3 nitrogen and oxygen atoms in total. The molecule has 114 valence electrons. The first-order valence-corrected chi connectivity index (χ1v) is 7.58. The van der Waals surface area contributed by atoms with Crippen LogP contribution >= 0.6 is 15.9 Å². The molecule has 0 bridgehead atoms. The Labute approximate surface area is 131 Å². The molecule has 0 fully saturated rings. The summed E-state index contributed by atoms with van der Waals surface area (Å²) in [7, 11) is 1.77. The summed E-state index contributed by atoms with van der Waals surface area (Å²) in [5.74, 6) is -1.05. The first kappa shape index (κ1) is 16.1. The summed E-state index contributed by atoms with van der Waals surface area (Å²) in [5, 5.41) is 7.43. The zero-order chi connectivity index (χ0) is 15.6. The third-order valence-electron chi connectivity index (χ3n) is 3.42. The summed E-state index contributed by atoms with van der Waals surface area (Å²) in [4.78, 5) is 0. The van der Waals surface area contributed by atoms with Crippen LogP contribution in [0.4, 0.5) is 8.78 Å². The smallest absolute Gasteiger partial charge is 0.129 e. The molecule has 6 heteroatoms. The van der Waals surface area contributed by atoms with E-state index in [2.05, 4.69) is 26.3 Å². The van der Waals surface area contributed by atoms with Crippen LogP contribution in [0.2, 0.25) is 0 Å². The number of hydrogen-bond acceptors (Lipinski definition) is 2. The fourth-order valence-electron chi connectivity index (χ4n) is 2.36. The van der Waals surface area contributed by atoms with Crippen molar-refractivity contribution in [3.05, 3.63) is 51.8 Å². The van der Waals surface area contributed by atoms with Gasteiger partial charge in [0.15, 0.2) is 0 Å². The Bertz CT molecular complexity index is 605. The van der Waals surface area contributed by atoms with Crippen LogP contribution in [0.3, 0.4) is 0 Å². The number of rotatable bonds is 5. The van der Waals surface area contributed by atoms with Gasteiger partial charge in [-0.05, 0) is 55.4 Å². The van der Waals surface area contributed by atoms with Crippen molar-refractivity contribution in [3.63, 3.8) is 0 Å². The van der Waals surface area contributed by atoms with E-state index in [0.29, 0.717) is 0 Å². The zero-order valence-electron chi connectivity index (χ0n) is 12.2. The summed E-state index contributed by atoms with van der Waals surface area (Å²) in [6.07, 6.45) is 1.92. The van der Waals surface area contributed by atoms with Crippen molar-refractivity contribution in [2.24, 2.45) is 0 Å². The molecule has 2 aromatic rings. The second-order valence-corrected chi connectivity index (χ2v) is 6.02. The van der Waals surface area contributed by atoms with Crippen molar-refractivity contribution < 1.29 is 8.78 Å². The van der Waals surface area contributed by atoms with Gasteiger partial charge in [0.05, 0.1) is 22.4 Å². The van der Waals surface area contributed by atoms with Gasteiger partial charge in [-0.25, -0.2) is 8.78 Å². The van der Waals surface area contributed by atoms with E-state index in [0.717, 1.165) is 10.2 Å². The van der Waals surface area contributed by atoms with Crippen molar-refractivity contribution in [1.82, 2.24) is 15.1 Å². The minimum absolute atomic E-state index is 0.0836. The molecule has 0 aliphatic heterocycles. The van der Waals surface area contributed by atoms with Crippen LogP contribution in [0.25, 0.3) is 0 Å². The molecule has 0 spiro atoms. The molecule has 1 unspecified atom stereocenters. The molecule has 2 rings (SSSR count). The Balaban J connectivity index is 2.39. The number of likely N-dealkylation sites (N-methyl/N-ethyl adjacent to an activating group) is 1. The Morgan fingerprint density at radius 2 is 1.90 bits per heavy atom. The van der Waals surface area contributed by atoms with Crippen LogP contribution in [0.5, 0.6) is 0 Å². The van der Waals surface area contributed by atoms with Crippen molar-refractivity contribution in [3.8, 4) is 0 Å². The van der Waals surface area contributed by atoms with E-state index in [4.69, 9.17) is 0 Å². The summed E-state index contributed by atoms with van der Waals surface area (Å²) < 4.78 is 30.4. The SMILES string of the molecule is CNC(Cc1c(F)cccc1F)c1c(Br)cnn1C(C)C. The fraction of sp³-hybridized carbons (Fsp3) is 0.400. The van der Waals surface area contributed by atoms with E-state index in [1.54, 1.807) is 13.2 Å². The number of hydrogen-bond donors (Lipinski definition) is 1.